The Balaban J connectivity index is 2.41. The van der Waals surface area contributed by atoms with Gasteiger partial charge in [-0.3, -0.25) is 0 Å². The van der Waals surface area contributed by atoms with Crippen LogP contribution in [0.5, 0.6) is 6.01 Å². The van der Waals surface area contributed by atoms with Gasteiger partial charge >= 0.3 is 6.01 Å². The number of ether oxygens (including phenoxy) is 2. The summed E-state index contributed by atoms with van der Waals surface area (Å²) in [5.74, 6) is 0. The van der Waals surface area contributed by atoms with E-state index in [4.69, 9.17) is 9.47 Å². The first-order valence-corrected chi connectivity index (χ1v) is 6.43. The van der Waals surface area contributed by atoms with Gasteiger partial charge in [-0.15, -0.1) is 0 Å². The van der Waals surface area contributed by atoms with Gasteiger partial charge in [-0.2, -0.15) is 0 Å². The maximum Gasteiger partial charge on any atom is 0.316 e. The Morgan fingerprint density at radius 1 is 1.33 bits per heavy atom. The van der Waals surface area contributed by atoms with Gasteiger partial charge in [0.25, 0.3) is 0 Å². The van der Waals surface area contributed by atoms with Crippen molar-refractivity contribution in [3.05, 3.63) is 17.5 Å². The summed E-state index contributed by atoms with van der Waals surface area (Å²) in [5.41, 5.74) is 2.09. The van der Waals surface area contributed by atoms with Crippen molar-refractivity contribution in [2.24, 2.45) is 0 Å². The Morgan fingerprint density at radius 2 is 2.17 bits per heavy atom. The molecule has 0 saturated heterocycles. The molecule has 0 aliphatic carbocycles. The number of rotatable bonds is 9. The topological polar surface area (TPSA) is 56.3 Å². The highest BCUT2D eigenvalue weighted by molar-refractivity contribution is 5.17. The summed E-state index contributed by atoms with van der Waals surface area (Å²) in [6, 6.07) is 0.447. The molecule has 1 N–H and O–H groups in total. The quantitative estimate of drug-likeness (QED) is 0.679. The minimum atomic E-state index is 0.447. The molecule has 0 atom stereocenters. The van der Waals surface area contributed by atoms with Crippen LogP contribution >= 0.6 is 0 Å². The fraction of sp³-hybridized carbons (Fsp3) is 0.692. The maximum atomic E-state index is 5.45. The average molecular weight is 253 g/mol. The van der Waals surface area contributed by atoms with Crippen LogP contribution in [-0.2, 0) is 11.3 Å². The molecular weight excluding hydrogens is 230 g/mol. The molecule has 1 heterocycles. The second-order valence-corrected chi connectivity index (χ2v) is 4.13. The molecule has 1 aromatic rings. The van der Waals surface area contributed by atoms with E-state index in [9.17, 15) is 0 Å². The lowest BCUT2D eigenvalue weighted by atomic mass is 10.2. The van der Waals surface area contributed by atoms with Crippen molar-refractivity contribution in [3.8, 4) is 6.01 Å². The molecule has 18 heavy (non-hydrogen) atoms. The Kier molecular flexibility index (Phi) is 7.29. The molecule has 5 heteroatoms. The third-order valence-electron chi connectivity index (χ3n) is 2.53. The third kappa shape index (κ3) is 5.42. The molecule has 0 radical (unpaired) electrons. The highest BCUT2D eigenvalue weighted by atomic mass is 16.5. The maximum absolute atomic E-state index is 5.45. The first kappa shape index (κ1) is 14.9. The van der Waals surface area contributed by atoms with E-state index in [-0.39, 0.29) is 0 Å². The van der Waals surface area contributed by atoms with Crippen LogP contribution in [0.2, 0.25) is 0 Å². The molecular formula is C13H23N3O2. The average Bonchev–Trinajstić information content (AvgIpc) is 2.37. The van der Waals surface area contributed by atoms with Crippen molar-refractivity contribution in [2.75, 3.05) is 26.9 Å². The fourth-order valence-electron chi connectivity index (χ4n) is 1.48. The van der Waals surface area contributed by atoms with Gasteiger partial charge < -0.3 is 14.8 Å². The molecule has 5 nitrogen and oxygen atoms in total. The molecule has 0 fully saturated rings. The molecule has 0 aliphatic heterocycles. The number of nitrogens with one attached hydrogen (secondary N) is 1. The number of nitrogens with zero attached hydrogens (tertiary/aromatic N) is 2. The molecule has 1 rings (SSSR count). The van der Waals surface area contributed by atoms with E-state index >= 15 is 0 Å². The summed E-state index contributed by atoms with van der Waals surface area (Å²) in [7, 11) is 1.68. The van der Waals surface area contributed by atoms with Crippen molar-refractivity contribution in [1.29, 1.82) is 0 Å². The predicted molar refractivity (Wildman–Crippen MR) is 70.8 cm³/mol. The first-order valence-electron chi connectivity index (χ1n) is 6.43. The number of hydrogen-bond acceptors (Lipinski definition) is 5. The van der Waals surface area contributed by atoms with E-state index in [0.717, 1.165) is 37.2 Å². The summed E-state index contributed by atoms with van der Waals surface area (Å²) in [4.78, 5) is 8.54. The Bertz CT molecular complexity index is 345. The molecule has 0 saturated carbocycles. The summed E-state index contributed by atoms with van der Waals surface area (Å²) in [6.45, 7) is 7.22. The van der Waals surface area contributed by atoms with E-state index in [0.29, 0.717) is 19.2 Å². The largest absolute Gasteiger partial charge is 0.463 e. The molecule has 0 aromatic carbocycles. The van der Waals surface area contributed by atoms with Gasteiger partial charge in [0.1, 0.15) is 0 Å². The highest BCUT2D eigenvalue weighted by Gasteiger charge is 2.03. The minimum Gasteiger partial charge on any atom is -0.463 e. The Labute approximate surface area is 109 Å². The number of aromatic nitrogens is 2. The van der Waals surface area contributed by atoms with E-state index in [1.54, 1.807) is 7.11 Å². The number of hydrogen-bond donors (Lipinski definition) is 1. The summed E-state index contributed by atoms with van der Waals surface area (Å²) >= 11 is 0. The van der Waals surface area contributed by atoms with Crippen molar-refractivity contribution in [1.82, 2.24) is 15.3 Å². The third-order valence-corrected chi connectivity index (χ3v) is 2.53. The van der Waals surface area contributed by atoms with Crippen molar-refractivity contribution in [3.63, 3.8) is 0 Å². The van der Waals surface area contributed by atoms with E-state index in [2.05, 4.69) is 22.2 Å². The zero-order chi connectivity index (χ0) is 13.2. The first-order chi connectivity index (χ1) is 8.77. The Morgan fingerprint density at radius 3 is 2.83 bits per heavy atom. The van der Waals surface area contributed by atoms with Crippen LogP contribution in [0.25, 0.3) is 0 Å². The summed E-state index contributed by atoms with van der Waals surface area (Å²) in [6.07, 6.45) is 3.80. The van der Waals surface area contributed by atoms with Crippen molar-refractivity contribution in [2.45, 2.75) is 33.2 Å². The molecule has 0 bridgehead atoms. The molecule has 1 aromatic heterocycles. The van der Waals surface area contributed by atoms with Crippen LogP contribution in [0, 0.1) is 6.92 Å². The highest BCUT2D eigenvalue weighted by Crippen LogP contribution is 2.08. The van der Waals surface area contributed by atoms with Crippen molar-refractivity contribution >= 4 is 0 Å². The smallest absolute Gasteiger partial charge is 0.316 e. The predicted octanol–water partition coefficient (Wildman–Crippen LogP) is 1.70. The van der Waals surface area contributed by atoms with E-state index < -0.39 is 0 Å². The lowest BCUT2D eigenvalue weighted by Gasteiger charge is -2.08. The van der Waals surface area contributed by atoms with Gasteiger partial charge in [-0.25, -0.2) is 9.97 Å². The molecule has 0 amide bonds. The zero-order valence-electron chi connectivity index (χ0n) is 11.5. The number of methoxy groups -OCH3 is 1. The second-order valence-electron chi connectivity index (χ2n) is 4.13. The van der Waals surface area contributed by atoms with Crippen LogP contribution < -0.4 is 10.1 Å². The van der Waals surface area contributed by atoms with Crippen LogP contribution in [0.15, 0.2) is 6.20 Å². The van der Waals surface area contributed by atoms with Gasteiger partial charge in [0.2, 0.25) is 0 Å². The second kappa shape index (κ2) is 8.83. The molecule has 0 spiro atoms. The van der Waals surface area contributed by atoms with Gasteiger partial charge in [-0.1, -0.05) is 6.92 Å². The number of aryl methyl sites for hydroxylation is 1. The minimum absolute atomic E-state index is 0.447. The lowest BCUT2D eigenvalue weighted by Crippen LogP contribution is -2.15. The van der Waals surface area contributed by atoms with Crippen LogP contribution in [0.1, 0.15) is 31.0 Å². The normalized spacial score (nSPS) is 10.6. The van der Waals surface area contributed by atoms with Gasteiger partial charge in [0.15, 0.2) is 0 Å². The Hall–Kier alpha value is -1.20. The van der Waals surface area contributed by atoms with Gasteiger partial charge in [-0.05, 0) is 19.9 Å². The molecule has 102 valence electrons. The summed E-state index contributed by atoms with van der Waals surface area (Å²) in [5, 5.41) is 3.33. The standard InChI is InChI=1S/C13H23N3O2/c1-4-6-14-9-12-10-15-13(16-11(12)2)18-8-5-7-17-3/h10,14H,4-9H2,1-3H3. The molecule has 0 aliphatic rings. The van der Waals surface area contributed by atoms with Crippen LogP contribution in [0.3, 0.4) is 0 Å². The van der Waals surface area contributed by atoms with Crippen molar-refractivity contribution < 1.29 is 9.47 Å². The van der Waals surface area contributed by atoms with Crippen LogP contribution in [-0.4, -0.2) is 36.8 Å². The van der Waals surface area contributed by atoms with E-state index in [1.165, 1.54) is 0 Å². The van der Waals surface area contributed by atoms with Gasteiger partial charge in [0.05, 0.1) is 6.61 Å². The monoisotopic (exact) mass is 253 g/mol. The SMILES string of the molecule is CCCNCc1cnc(OCCCOC)nc1C. The fourth-order valence-corrected chi connectivity index (χ4v) is 1.48. The zero-order valence-corrected chi connectivity index (χ0v) is 11.5. The summed E-state index contributed by atoms with van der Waals surface area (Å²) < 4.78 is 10.4. The van der Waals surface area contributed by atoms with Crippen LogP contribution in [0.4, 0.5) is 0 Å². The van der Waals surface area contributed by atoms with E-state index in [1.807, 2.05) is 13.1 Å². The lowest BCUT2D eigenvalue weighted by molar-refractivity contribution is 0.168. The van der Waals surface area contributed by atoms with Gasteiger partial charge in [0, 0.05) is 44.1 Å². The molecule has 0 unspecified atom stereocenters.